The Kier molecular flexibility index (Phi) is 4.26. The minimum Gasteiger partial charge on any atom is -0.472 e. The van der Waals surface area contributed by atoms with Crippen molar-refractivity contribution in [3.8, 4) is 11.1 Å². The maximum absolute atomic E-state index is 13.6. The quantitative estimate of drug-likeness (QED) is 0.749. The van der Waals surface area contributed by atoms with Gasteiger partial charge in [-0.15, -0.1) is 0 Å². The van der Waals surface area contributed by atoms with Gasteiger partial charge in [-0.3, -0.25) is 4.68 Å². The molecule has 0 aliphatic rings. The number of hydrogen-bond donors (Lipinski definition) is 1. The largest absolute Gasteiger partial charge is 0.472 e. The average Bonchev–Trinajstić information content (AvgIpc) is 3.18. The van der Waals surface area contributed by atoms with Crippen LogP contribution in [0.3, 0.4) is 0 Å². The molecular weight excluding hydrogens is 321 g/mol. The van der Waals surface area contributed by atoms with Crippen molar-refractivity contribution in [2.24, 2.45) is 0 Å². The van der Waals surface area contributed by atoms with Crippen molar-refractivity contribution in [1.82, 2.24) is 14.5 Å². The summed E-state index contributed by atoms with van der Waals surface area (Å²) >= 11 is 0. The van der Waals surface area contributed by atoms with E-state index in [1.165, 1.54) is 18.2 Å². The maximum Gasteiger partial charge on any atom is 0.243 e. The van der Waals surface area contributed by atoms with Crippen molar-refractivity contribution in [3.63, 3.8) is 0 Å². The number of hydrogen-bond acceptors (Lipinski definition) is 4. The van der Waals surface area contributed by atoms with E-state index in [1.807, 2.05) is 6.07 Å². The van der Waals surface area contributed by atoms with E-state index in [-0.39, 0.29) is 11.4 Å². The van der Waals surface area contributed by atoms with E-state index in [0.29, 0.717) is 6.54 Å². The highest BCUT2D eigenvalue weighted by atomic mass is 32.2. The van der Waals surface area contributed by atoms with Crippen LogP contribution in [0.25, 0.3) is 11.1 Å². The van der Waals surface area contributed by atoms with Gasteiger partial charge in [0.15, 0.2) is 0 Å². The first-order valence-electron chi connectivity index (χ1n) is 6.85. The number of rotatable bonds is 6. The molecule has 0 saturated carbocycles. The van der Waals surface area contributed by atoms with Crippen LogP contribution in [0.15, 0.2) is 64.6 Å². The summed E-state index contributed by atoms with van der Waals surface area (Å²) in [5.74, 6) is -0.777. The molecule has 0 unspecified atom stereocenters. The fourth-order valence-corrected chi connectivity index (χ4v) is 3.20. The Morgan fingerprint density at radius 2 is 2.04 bits per heavy atom. The summed E-state index contributed by atoms with van der Waals surface area (Å²) in [6.07, 6.45) is 6.61. The Bertz CT molecular complexity index is 888. The SMILES string of the molecule is O=S(=O)(NCCn1cc(-c2ccoc2)cn1)c1ccccc1F. The standard InChI is InChI=1S/C15H14FN3O3S/c16-14-3-1-2-4-15(14)23(20,21)18-6-7-19-10-13(9-17-19)12-5-8-22-11-12/h1-5,8-11,18H,6-7H2. The van der Waals surface area contributed by atoms with Crippen LogP contribution >= 0.6 is 0 Å². The van der Waals surface area contributed by atoms with Crippen LogP contribution in [0.5, 0.6) is 0 Å². The lowest BCUT2D eigenvalue weighted by molar-refractivity contribution is 0.545. The summed E-state index contributed by atoms with van der Waals surface area (Å²) in [7, 11) is -3.88. The topological polar surface area (TPSA) is 77.1 Å². The number of nitrogens with zero attached hydrogens (tertiary/aromatic N) is 2. The minimum absolute atomic E-state index is 0.100. The van der Waals surface area contributed by atoms with Gasteiger partial charge in [0.1, 0.15) is 10.7 Å². The van der Waals surface area contributed by atoms with E-state index in [4.69, 9.17) is 4.42 Å². The molecule has 0 bridgehead atoms. The van der Waals surface area contributed by atoms with Gasteiger partial charge in [-0.25, -0.2) is 17.5 Å². The van der Waals surface area contributed by atoms with E-state index in [2.05, 4.69) is 9.82 Å². The fraction of sp³-hybridized carbons (Fsp3) is 0.133. The molecule has 8 heteroatoms. The second-order valence-electron chi connectivity index (χ2n) is 4.83. The van der Waals surface area contributed by atoms with Crippen LogP contribution in [-0.2, 0) is 16.6 Å². The van der Waals surface area contributed by atoms with Crippen LogP contribution in [0, 0.1) is 5.82 Å². The molecule has 0 fully saturated rings. The lowest BCUT2D eigenvalue weighted by Crippen LogP contribution is -2.28. The van der Waals surface area contributed by atoms with E-state index in [9.17, 15) is 12.8 Å². The van der Waals surface area contributed by atoms with Gasteiger partial charge in [-0.2, -0.15) is 5.10 Å². The third-order valence-electron chi connectivity index (χ3n) is 3.25. The molecule has 0 spiro atoms. The van der Waals surface area contributed by atoms with Gasteiger partial charge in [-0.1, -0.05) is 12.1 Å². The lowest BCUT2D eigenvalue weighted by atomic mass is 10.2. The van der Waals surface area contributed by atoms with E-state index >= 15 is 0 Å². The molecule has 2 heterocycles. The summed E-state index contributed by atoms with van der Waals surface area (Å²) in [5.41, 5.74) is 1.76. The summed E-state index contributed by atoms with van der Waals surface area (Å²) in [5, 5.41) is 4.15. The molecule has 120 valence electrons. The molecule has 1 N–H and O–H groups in total. The van der Waals surface area contributed by atoms with Gasteiger partial charge in [0.2, 0.25) is 10.0 Å². The molecule has 23 heavy (non-hydrogen) atoms. The molecular formula is C15H14FN3O3S. The molecule has 6 nitrogen and oxygen atoms in total. The second-order valence-corrected chi connectivity index (χ2v) is 6.57. The first kappa shape index (κ1) is 15.4. The van der Waals surface area contributed by atoms with E-state index in [1.54, 1.807) is 29.6 Å². The summed E-state index contributed by atoms with van der Waals surface area (Å²) in [6, 6.07) is 7.06. The number of nitrogens with one attached hydrogen (secondary N) is 1. The molecule has 0 aliphatic carbocycles. The monoisotopic (exact) mass is 335 g/mol. The molecule has 0 amide bonds. The number of benzene rings is 1. The van der Waals surface area contributed by atoms with Gasteiger partial charge >= 0.3 is 0 Å². The fourth-order valence-electron chi connectivity index (χ4n) is 2.10. The smallest absolute Gasteiger partial charge is 0.243 e. The van der Waals surface area contributed by atoms with E-state index < -0.39 is 15.8 Å². The van der Waals surface area contributed by atoms with Gasteiger partial charge in [0.05, 0.1) is 25.3 Å². The van der Waals surface area contributed by atoms with Crippen LogP contribution < -0.4 is 4.72 Å². The van der Waals surface area contributed by atoms with Crippen LogP contribution in [-0.4, -0.2) is 24.7 Å². The third-order valence-corrected chi connectivity index (χ3v) is 4.74. The van der Waals surface area contributed by atoms with Crippen molar-refractivity contribution >= 4 is 10.0 Å². The van der Waals surface area contributed by atoms with Gasteiger partial charge in [0, 0.05) is 23.9 Å². The van der Waals surface area contributed by atoms with Crippen molar-refractivity contribution in [1.29, 1.82) is 0 Å². The highest BCUT2D eigenvalue weighted by molar-refractivity contribution is 7.89. The molecule has 1 aromatic carbocycles. The number of aromatic nitrogens is 2. The highest BCUT2D eigenvalue weighted by Gasteiger charge is 2.17. The Labute approximate surface area is 132 Å². The van der Waals surface area contributed by atoms with E-state index in [0.717, 1.165) is 17.2 Å². The Balaban J connectivity index is 1.62. The molecule has 2 aromatic heterocycles. The molecule has 0 atom stereocenters. The average molecular weight is 335 g/mol. The van der Waals surface area contributed by atoms with Gasteiger partial charge < -0.3 is 4.42 Å². The predicted molar refractivity (Wildman–Crippen MR) is 81.5 cm³/mol. The molecule has 0 radical (unpaired) electrons. The zero-order valence-corrected chi connectivity index (χ0v) is 12.8. The molecule has 3 aromatic rings. The normalized spacial score (nSPS) is 11.7. The first-order valence-corrected chi connectivity index (χ1v) is 8.34. The Hall–Kier alpha value is -2.45. The summed E-state index contributed by atoms with van der Waals surface area (Å²) in [4.78, 5) is -0.362. The first-order chi connectivity index (χ1) is 11.1. The lowest BCUT2D eigenvalue weighted by Gasteiger charge is -2.07. The summed E-state index contributed by atoms with van der Waals surface area (Å²) in [6.45, 7) is 0.425. The van der Waals surface area contributed by atoms with Crippen LogP contribution in [0.4, 0.5) is 4.39 Å². The highest BCUT2D eigenvalue weighted by Crippen LogP contribution is 2.18. The zero-order chi connectivity index (χ0) is 16.3. The number of halogens is 1. The second kappa shape index (κ2) is 6.35. The maximum atomic E-state index is 13.6. The Morgan fingerprint density at radius 3 is 2.78 bits per heavy atom. The minimum atomic E-state index is -3.88. The van der Waals surface area contributed by atoms with Crippen molar-refractivity contribution in [2.75, 3.05) is 6.54 Å². The van der Waals surface area contributed by atoms with Crippen LogP contribution in [0.1, 0.15) is 0 Å². The third kappa shape index (κ3) is 3.49. The van der Waals surface area contributed by atoms with Crippen molar-refractivity contribution in [2.45, 2.75) is 11.4 Å². The molecule has 0 saturated heterocycles. The van der Waals surface area contributed by atoms with Crippen molar-refractivity contribution < 1.29 is 17.2 Å². The molecule has 0 aliphatic heterocycles. The van der Waals surface area contributed by atoms with Crippen LogP contribution in [0.2, 0.25) is 0 Å². The predicted octanol–water partition coefficient (Wildman–Crippen LogP) is 2.26. The number of sulfonamides is 1. The van der Waals surface area contributed by atoms with Crippen molar-refractivity contribution in [3.05, 3.63) is 61.1 Å². The zero-order valence-electron chi connectivity index (χ0n) is 12.0. The number of furan rings is 1. The summed E-state index contributed by atoms with van der Waals surface area (Å²) < 4.78 is 46.6. The Morgan fingerprint density at radius 1 is 1.22 bits per heavy atom. The van der Waals surface area contributed by atoms with Gasteiger partial charge in [-0.05, 0) is 18.2 Å². The van der Waals surface area contributed by atoms with Gasteiger partial charge in [0.25, 0.3) is 0 Å². The molecule has 3 rings (SSSR count).